The predicted molar refractivity (Wildman–Crippen MR) is 88.1 cm³/mol. The first-order valence-electron chi connectivity index (χ1n) is 8.67. The Balaban J connectivity index is 1.49. The zero-order valence-corrected chi connectivity index (χ0v) is 14.7. The van der Waals surface area contributed by atoms with Crippen molar-refractivity contribution in [3.05, 3.63) is 17.5 Å². The van der Waals surface area contributed by atoms with Crippen LogP contribution >= 0.6 is 0 Å². The molecule has 2 aliphatic rings. The van der Waals surface area contributed by atoms with E-state index in [2.05, 4.69) is 10.1 Å². The van der Waals surface area contributed by atoms with Gasteiger partial charge in [0.25, 0.3) is 0 Å². The molecule has 7 nitrogen and oxygen atoms in total. The fourth-order valence-corrected chi connectivity index (χ4v) is 3.49. The number of carbonyl (C=O) groups is 2. The third-order valence-corrected chi connectivity index (χ3v) is 4.87. The number of amides is 2. The largest absolute Gasteiger partial charge is 0.360 e. The molecular formula is C17H26N4O3. The molecule has 1 aromatic heterocycles. The van der Waals surface area contributed by atoms with Gasteiger partial charge in [0.1, 0.15) is 0 Å². The maximum atomic E-state index is 12.7. The summed E-state index contributed by atoms with van der Waals surface area (Å²) in [6.45, 7) is 10.2. The molecule has 0 radical (unpaired) electrons. The van der Waals surface area contributed by atoms with Crippen molar-refractivity contribution in [1.82, 2.24) is 19.9 Å². The van der Waals surface area contributed by atoms with Crippen LogP contribution in [0.25, 0.3) is 0 Å². The summed E-state index contributed by atoms with van der Waals surface area (Å²) in [5, 5.41) is 3.90. The molecule has 0 N–H and O–H groups in total. The Morgan fingerprint density at radius 3 is 2.58 bits per heavy atom. The standard InChI is InChI=1S/C17H26N4O3/c1-12(2)21-10-14(9-16(21)22)17(23)20-6-4-19(5-7-20)11-15-8-13(3)18-24-15/h8,12,14H,4-7,9-11H2,1-3H3. The molecule has 0 spiro atoms. The van der Waals surface area contributed by atoms with Crippen molar-refractivity contribution in [1.29, 1.82) is 0 Å². The van der Waals surface area contributed by atoms with Gasteiger partial charge in [-0.3, -0.25) is 14.5 Å². The van der Waals surface area contributed by atoms with E-state index in [1.54, 1.807) is 0 Å². The molecule has 2 amide bonds. The first kappa shape index (κ1) is 17.0. The molecule has 1 atom stereocenters. The Kier molecular flexibility index (Phi) is 4.89. The van der Waals surface area contributed by atoms with Crippen LogP contribution in [0.1, 0.15) is 31.7 Å². The van der Waals surface area contributed by atoms with Gasteiger partial charge >= 0.3 is 0 Å². The fourth-order valence-electron chi connectivity index (χ4n) is 3.49. The van der Waals surface area contributed by atoms with Crippen LogP contribution < -0.4 is 0 Å². The van der Waals surface area contributed by atoms with Crippen LogP contribution in [0.3, 0.4) is 0 Å². The molecule has 2 saturated heterocycles. The van der Waals surface area contributed by atoms with Gasteiger partial charge in [0.15, 0.2) is 5.76 Å². The van der Waals surface area contributed by atoms with Crippen LogP contribution in [0, 0.1) is 12.8 Å². The maximum Gasteiger partial charge on any atom is 0.228 e. The summed E-state index contributed by atoms with van der Waals surface area (Å²) in [6, 6.07) is 2.11. The second kappa shape index (κ2) is 6.93. The molecule has 132 valence electrons. The van der Waals surface area contributed by atoms with E-state index in [0.29, 0.717) is 26.1 Å². The van der Waals surface area contributed by atoms with E-state index in [1.165, 1.54) is 0 Å². The molecule has 7 heteroatoms. The number of carbonyl (C=O) groups excluding carboxylic acids is 2. The molecule has 24 heavy (non-hydrogen) atoms. The first-order chi connectivity index (χ1) is 11.4. The Labute approximate surface area is 142 Å². The van der Waals surface area contributed by atoms with E-state index in [0.717, 1.165) is 31.1 Å². The number of likely N-dealkylation sites (tertiary alicyclic amines) is 1. The summed E-state index contributed by atoms with van der Waals surface area (Å²) in [6.07, 6.45) is 0.356. The highest BCUT2D eigenvalue weighted by Gasteiger charge is 2.38. The zero-order chi connectivity index (χ0) is 17.3. The molecule has 0 saturated carbocycles. The second-order valence-electron chi connectivity index (χ2n) is 7.08. The number of hydrogen-bond acceptors (Lipinski definition) is 5. The highest BCUT2D eigenvalue weighted by Crippen LogP contribution is 2.23. The van der Waals surface area contributed by atoms with Crippen LogP contribution in [0.5, 0.6) is 0 Å². The molecule has 3 rings (SSSR count). The Morgan fingerprint density at radius 2 is 2.04 bits per heavy atom. The minimum Gasteiger partial charge on any atom is -0.360 e. The highest BCUT2D eigenvalue weighted by atomic mass is 16.5. The van der Waals surface area contributed by atoms with Crippen molar-refractivity contribution in [2.75, 3.05) is 32.7 Å². The lowest BCUT2D eigenvalue weighted by molar-refractivity contribution is -0.137. The lowest BCUT2D eigenvalue weighted by Gasteiger charge is -2.35. The smallest absolute Gasteiger partial charge is 0.228 e. The van der Waals surface area contributed by atoms with Gasteiger partial charge in [0, 0.05) is 51.3 Å². The van der Waals surface area contributed by atoms with E-state index in [-0.39, 0.29) is 23.8 Å². The third-order valence-electron chi connectivity index (χ3n) is 4.87. The molecule has 0 bridgehead atoms. The number of rotatable bonds is 4. The molecule has 2 fully saturated rings. The summed E-state index contributed by atoms with van der Waals surface area (Å²) in [5.41, 5.74) is 0.888. The summed E-state index contributed by atoms with van der Waals surface area (Å²) < 4.78 is 5.25. The average Bonchev–Trinajstić information content (AvgIpc) is 3.13. The van der Waals surface area contributed by atoms with Gasteiger partial charge in [-0.25, -0.2) is 0 Å². The lowest BCUT2D eigenvalue weighted by atomic mass is 10.1. The number of hydrogen-bond donors (Lipinski definition) is 0. The molecule has 1 unspecified atom stereocenters. The van der Waals surface area contributed by atoms with Crippen molar-refractivity contribution in [2.24, 2.45) is 5.92 Å². The Hall–Kier alpha value is -1.89. The Morgan fingerprint density at radius 1 is 1.33 bits per heavy atom. The van der Waals surface area contributed by atoms with E-state index in [4.69, 9.17) is 4.52 Å². The fraction of sp³-hybridized carbons (Fsp3) is 0.706. The minimum absolute atomic E-state index is 0.0997. The summed E-state index contributed by atoms with van der Waals surface area (Å²) >= 11 is 0. The van der Waals surface area contributed by atoms with Crippen LogP contribution in [0.15, 0.2) is 10.6 Å². The third kappa shape index (κ3) is 3.61. The Bertz CT molecular complexity index is 605. The number of nitrogens with zero attached hydrogens (tertiary/aromatic N) is 4. The molecule has 1 aromatic rings. The van der Waals surface area contributed by atoms with E-state index >= 15 is 0 Å². The predicted octanol–water partition coefficient (Wildman–Crippen LogP) is 0.884. The second-order valence-corrected chi connectivity index (χ2v) is 7.08. The summed E-state index contributed by atoms with van der Waals surface area (Å²) in [4.78, 5) is 30.7. The van der Waals surface area contributed by atoms with Crippen molar-refractivity contribution in [3.8, 4) is 0 Å². The van der Waals surface area contributed by atoms with Crippen molar-refractivity contribution < 1.29 is 14.1 Å². The monoisotopic (exact) mass is 334 g/mol. The molecule has 0 aromatic carbocycles. The van der Waals surface area contributed by atoms with Gasteiger partial charge in [-0.1, -0.05) is 5.16 Å². The van der Waals surface area contributed by atoms with E-state index in [9.17, 15) is 9.59 Å². The van der Waals surface area contributed by atoms with Crippen molar-refractivity contribution in [3.63, 3.8) is 0 Å². The zero-order valence-electron chi connectivity index (χ0n) is 14.7. The highest BCUT2D eigenvalue weighted by molar-refractivity contribution is 5.89. The molecule has 3 heterocycles. The van der Waals surface area contributed by atoms with E-state index in [1.807, 2.05) is 36.6 Å². The van der Waals surface area contributed by atoms with Crippen LogP contribution in [0.2, 0.25) is 0 Å². The average molecular weight is 334 g/mol. The summed E-state index contributed by atoms with van der Waals surface area (Å²) in [7, 11) is 0. The van der Waals surface area contributed by atoms with Crippen LogP contribution in [-0.4, -0.2) is 70.4 Å². The van der Waals surface area contributed by atoms with Crippen molar-refractivity contribution in [2.45, 2.75) is 39.8 Å². The van der Waals surface area contributed by atoms with Gasteiger partial charge in [-0.05, 0) is 20.8 Å². The topological polar surface area (TPSA) is 69.9 Å². The van der Waals surface area contributed by atoms with Gasteiger partial charge < -0.3 is 14.3 Å². The maximum absolute atomic E-state index is 12.7. The number of aryl methyl sites for hydroxylation is 1. The first-order valence-corrected chi connectivity index (χ1v) is 8.67. The minimum atomic E-state index is -0.177. The quantitative estimate of drug-likeness (QED) is 0.818. The summed E-state index contributed by atoms with van der Waals surface area (Å²) in [5.74, 6) is 0.911. The van der Waals surface area contributed by atoms with Crippen molar-refractivity contribution >= 4 is 11.8 Å². The SMILES string of the molecule is Cc1cc(CN2CCN(C(=O)C3CC(=O)N(C(C)C)C3)CC2)on1. The molecular weight excluding hydrogens is 308 g/mol. The lowest BCUT2D eigenvalue weighted by Crippen LogP contribution is -2.50. The van der Waals surface area contributed by atoms with E-state index < -0.39 is 0 Å². The van der Waals surface area contributed by atoms with Crippen LogP contribution in [-0.2, 0) is 16.1 Å². The molecule has 2 aliphatic heterocycles. The number of piperazine rings is 1. The van der Waals surface area contributed by atoms with Gasteiger partial charge in [-0.2, -0.15) is 0 Å². The van der Waals surface area contributed by atoms with Gasteiger partial charge in [-0.15, -0.1) is 0 Å². The molecule has 0 aliphatic carbocycles. The number of aromatic nitrogens is 1. The van der Waals surface area contributed by atoms with Gasteiger partial charge in [0.2, 0.25) is 11.8 Å². The van der Waals surface area contributed by atoms with Gasteiger partial charge in [0.05, 0.1) is 18.2 Å². The van der Waals surface area contributed by atoms with Crippen LogP contribution in [0.4, 0.5) is 0 Å². The normalized spacial score (nSPS) is 22.7.